The lowest BCUT2D eigenvalue weighted by Crippen LogP contribution is -2.41. The van der Waals surface area contributed by atoms with Gasteiger partial charge < -0.3 is 5.11 Å². The molecule has 0 unspecified atom stereocenters. The van der Waals surface area contributed by atoms with E-state index in [0.717, 1.165) is 4.57 Å². The molecule has 1 N–H and O–H groups in total. The Bertz CT molecular complexity index is 1300. The second-order valence-corrected chi connectivity index (χ2v) is 7.90. The number of pyridine rings is 1. The van der Waals surface area contributed by atoms with Gasteiger partial charge in [0, 0.05) is 16.7 Å². The van der Waals surface area contributed by atoms with E-state index < -0.39 is 28.4 Å². The Balaban J connectivity index is 2.28. The second kappa shape index (κ2) is 6.04. The van der Waals surface area contributed by atoms with Crippen LogP contribution in [0.4, 0.5) is 4.39 Å². The Hall–Kier alpha value is -2.43. The predicted molar refractivity (Wildman–Crippen MR) is 106 cm³/mol. The Labute approximate surface area is 165 Å². The summed E-state index contributed by atoms with van der Waals surface area (Å²) in [5.74, 6) is -1.20. The summed E-state index contributed by atoms with van der Waals surface area (Å²) in [4.78, 5) is 38.7. The third kappa shape index (κ3) is 2.55. The van der Waals surface area contributed by atoms with Crippen LogP contribution in [0.15, 0.2) is 32.6 Å². The molecule has 0 amide bonds. The summed E-state index contributed by atoms with van der Waals surface area (Å²) in [5.41, 5.74) is -2.21. The van der Waals surface area contributed by atoms with Gasteiger partial charge in [-0.1, -0.05) is 0 Å². The lowest BCUT2D eigenvalue weighted by molar-refractivity contribution is 0.472. The molecule has 1 aliphatic rings. The summed E-state index contributed by atoms with van der Waals surface area (Å²) in [5, 5.41) is 10.3. The van der Waals surface area contributed by atoms with E-state index in [9.17, 15) is 23.9 Å². The number of aromatic hydroxyl groups is 1. The van der Waals surface area contributed by atoms with Crippen LogP contribution in [0.2, 0.25) is 0 Å². The predicted octanol–water partition coefficient (Wildman–Crippen LogP) is 1.94. The summed E-state index contributed by atoms with van der Waals surface area (Å²) in [7, 11) is 1.45. The van der Waals surface area contributed by atoms with Crippen LogP contribution in [0.3, 0.4) is 0 Å². The van der Waals surface area contributed by atoms with Crippen LogP contribution in [-0.2, 0) is 7.05 Å². The highest BCUT2D eigenvalue weighted by atomic mass is 127. The van der Waals surface area contributed by atoms with Gasteiger partial charge in [0.25, 0.3) is 11.1 Å². The molecule has 1 saturated carbocycles. The maximum Gasteiger partial charge on any atom is 0.337 e. The molecule has 1 fully saturated rings. The second-order valence-electron chi connectivity index (χ2n) is 6.66. The Kier molecular flexibility index (Phi) is 4.02. The maximum atomic E-state index is 14.5. The van der Waals surface area contributed by atoms with Gasteiger partial charge in [0.2, 0.25) is 0 Å². The molecule has 9 heteroatoms. The summed E-state index contributed by atoms with van der Waals surface area (Å²) in [6, 6.07) is 3.96. The molecule has 2 aromatic heterocycles. The first-order valence-electron chi connectivity index (χ1n) is 8.29. The molecule has 140 valence electrons. The third-order valence-corrected chi connectivity index (χ3v) is 5.53. The first kappa shape index (κ1) is 18.0. The van der Waals surface area contributed by atoms with Crippen molar-refractivity contribution in [2.24, 2.45) is 7.05 Å². The summed E-state index contributed by atoms with van der Waals surface area (Å²) >= 11 is 1.93. The number of aromatic nitrogens is 3. The fourth-order valence-corrected chi connectivity index (χ4v) is 3.78. The number of fused-ring (bicyclic) bond motifs is 1. The topological polar surface area (TPSA) is 86.2 Å². The molecule has 0 atom stereocenters. The monoisotopic (exact) mass is 483 g/mol. The van der Waals surface area contributed by atoms with Gasteiger partial charge in [-0.05, 0) is 60.6 Å². The quantitative estimate of drug-likeness (QED) is 0.565. The van der Waals surface area contributed by atoms with Crippen LogP contribution in [0.1, 0.15) is 24.4 Å². The van der Waals surface area contributed by atoms with E-state index in [2.05, 4.69) is 0 Å². The largest absolute Gasteiger partial charge is 0.506 e. The van der Waals surface area contributed by atoms with Gasteiger partial charge in [0.05, 0.1) is 11.3 Å². The van der Waals surface area contributed by atoms with Crippen molar-refractivity contribution >= 4 is 33.6 Å². The fraction of sp³-hybridized carbons (Fsp3) is 0.278. The molecule has 3 aromatic rings. The third-order valence-electron chi connectivity index (χ3n) is 4.86. The molecule has 27 heavy (non-hydrogen) atoms. The molecule has 0 bridgehead atoms. The summed E-state index contributed by atoms with van der Waals surface area (Å²) < 4.78 is 18.4. The average molecular weight is 483 g/mol. The SMILES string of the molecule is Cc1c(O)c2c(=O)n(-c3ccc(I)cc3F)c(=O)n(C3CC3)c2n(C)c1=O. The van der Waals surface area contributed by atoms with E-state index >= 15 is 0 Å². The Morgan fingerprint density at radius 2 is 1.85 bits per heavy atom. The number of rotatable bonds is 2. The van der Waals surface area contributed by atoms with Crippen LogP contribution < -0.4 is 16.8 Å². The highest BCUT2D eigenvalue weighted by Gasteiger charge is 2.32. The van der Waals surface area contributed by atoms with E-state index in [1.54, 1.807) is 6.07 Å². The van der Waals surface area contributed by atoms with Gasteiger partial charge >= 0.3 is 5.69 Å². The first-order valence-corrected chi connectivity index (χ1v) is 9.37. The molecule has 0 saturated heterocycles. The van der Waals surface area contributed by atoms with E-state index in [0.29, 0.717) is 16.4 Å². The molecule has 1 aliphatic carbocycles. The zero-order valence-corrected chi connectivity index (χ0v) is 16.7. The fourth-order valence-electron chi connectivity index (χ4n) is 3.32. The minimum atomic E-state index is -0.858. The zero-order chi connectivity index (χ0) is 19.6. The van der Waals surface area contributed by atoms with Gasteiger partial charge in [-0.15, -0.1) is 0 Å². The molecule has 0 spiro atoms. The molecular weight excluding hydrogens is 468 g/mol. The zero-order valence-electron chi connectivity index (χ0n) is 14.5. The molecule has 2 heterocycles. The lowest BCUT2D eigenvalue weighted by Gasteiger charge is -2.17. The highest BCUT2D eigenvalue weighted by Crippen LogP contribution is 2.36. The van der Waals surface area contributed by atoms with Crippen molar-refractivity contribution in [3.8, 4) is 11.4 Å². The maximum absolute atomic E-state index is 14.5. The van der Waals surface area contributed by atoms with Crippen molar-refractivity contribution in [3.63, 3.8) is 0 Å². The highest BCUT2D eigenvalue weighted by molar-refractivity contribution is 14.1. The van der Waals surface area contributed by atoms with E-state index in [1.165, 1.54) is 35.2 Å². The number of hydrogen-bond donors (Lipinski definition) is 1. The van der Waals surface area contributed by atoms with Gasteiger partial charge in [0.1, 0.15) is 22.6 Å². The van der Waals surface area contributed by atoms with E-state index in [-0.39, 0.29) is 28.3 Å². The number of nitrogens with zero attached hydrogens (tertiary/aromatic N) is 3. The Morgan fingerprint density at radius 3 is 2.44 bits per heavy atom. The standard InChI is InChI=1S/C18H15FIN3O4/c1-8-14(24)13-15(21(2)16(8)25)22(10-4-5-10)18(27)23(17(13)26)12-6-3-9(20)7-11(12)19/h3,6-7,10,24H,4-5H2,1-2H3. The van der Waals surface area contributed by atoms with Crippen LogP contribution in [0.5, 0.6) is 5.75 Å². The molecule has 1 aromatic carbocycles. The summed E-state index contributed by atoms with van der Waals surface area (Å²) in [6.07, 6.45) is 1.40. The minimum absolute atomic E-state index is 0.00210. The molecule has 7 nitrogen and oxygen atoms in total. The van der Waals surface area contributed by atoms with Crippen molar-refractivity contribution in [3.05, 3.63) is 64.3 Å². The normalized spacial score (nSPS) is 14.1. The van der Waals surface area contributed by atoms with E-state index in [4.69, 9.17) is 0 Å². The summed E-state index contributed by atoms with van der Waals surface area (Å²) in [6.45, 7) is 1.40. The molecular formula is C18H15FIN3O4. The van der Waals surface area contributed by atoms with Crippen LogP contribution in [-0.4, -0.2) is 18.8 Å². The number of benzene rings is 1. The smallest absolute Gasteiger partial charge is 0.337 e. The first-order chi connectivity index (χ1) is 12.7. The molecule has 0 radical (unpaired) electrons. The average Bonchev–Trinajstić information content (AvgIpc) is 3.44. The van der Waals surface area contributed by atoms with E-state index in [1.807, 2.05) is 22.6 Å². The molecule has 4 rings (SSSR count). The van der Waals surface area contributed by atoms with Gasteiger partial charge in [-0.2, -0.15) is 0 Å². The van der Waals surface area contributed by atoms with Crippen molar-refractivity contribution in [2.45, 2.75) is 25.8 Å². The van der Waals surface area contributed by atoms with Crippen LogP contribution in [0.25, 0.3) is 16.7 Å². The van der Waals surface area contributed by atoms with Crippen LogP contribution in [0, 0.1) is 16.3 Å². The minimum Gasteiger partial charge on any atom is -0.506 e. The number of halogens is 2. The van der Waals surface area contributed by atoms with Crippen molar-refractivity contribution in [2.75, 3.05) is 0 Å². The number of hydrogen-bond acceptors (Lipinski definition) is 4. The van der Waals surface area contributed by atoms with Crippen LogP contribution >= 0.6 is 22.6 Å². The van der Waals surface area contributed by atoms with Gasteiger partial charge in [0.15, 0.2) is 0 Å². The van der Waals surface area contributed by atoms with Crippen molar-refractivity contribution in [1.29, 1.82) is 0 Å². The van der Waals surface area contributed by atoms with Crippen molar-refractivity contribution in [1.82, 2.24) is 13.7 Å². The van der Waals surface area contributed by atoms with Crippen molar-refractivity contribution < 1.29 is 9.50 Å². The van der Waals surface area contributed by atoms with Gasteiger partial charge in [-0.3, -0.25) is 18.7 Å². The van der Waals surface area contributed by atoms with Gasteiger partial charge in [-0.25, -0.2) is 13.8 Å². The molecule has 0 aliphatic heterocycles. The lowest BCUT2D eigenvalue weighted by atomic mass is 10.2. The number of aryl methyl sites for hydroxylation is 1. The Morgan fingerprint density at radius 1 is 1.19 bits per heavy atom.